The van der Waals surface area contributed by atoms with Crippen LogP contribution in [0.3, 0.4) is 0 Å². The molecule has 0 saturated carbocycles. The van der Waals surface area contributed by atoms with Gasteiger partial charge in [-0.25, -0.2) is 0 Å². The second-order valence-corrected chi connectivity index (χ2v) is 5.44. The molecule has 0 spiro atoms. The Morgan fingerprint density at radius 1 is 1.30 bits per heavy atom. The summed E-state index contributed by atoms with van der Waals surface area (Å²) in [7, 11) is 0. The van der Waals surface area contributed by atoms with Gasteiger partial charge in [0.15, 0.2) is 5.41 Å². The van der Waals surface area contributed by atoms with Crippen molar-refractivity contribution in [1.82, 2.24) is 0 Å². The van der Waals surface area contributed by atoms with Crippen LogP contribution in [0.15, 0.2) is 24.3 Å². The van der Waals surface area contributed by atoms with E-state index in [1.165, 1.54) is 0 Å². The number of hydrogen-bond acceptors (Lipinski definition) is 2. The zero-order valence-electron chi connectivity index (χ0n) is 11.6. The fourth-order valence-electron chi connectivity index (χ4n) is 2.49. The molecule has 0 fully saturated rings. The minimum absolute atomic E-state index is 0.0639. The SMILES string of the molecule is CCC(C(=O)O)(C(=O)O)C(C)CCc1cccc(Cl)c1. The largest absolute Gasteiger partial charge is 0.480 e. The highest BCUT2D eigenvalue weighted by Crippen LogP contribution is 2.35. The van der Waals surface area contributed by atoms with E-state index in [1.54, 1.807) is 19.9 Å². The van der Waals surface area contributed by atoms with Crippen LogP contribution in [-0.2, 0) is 16.0 Å². The summed E-state index contributed by atoms with van der Waals surface area (Å²) in [6, 6.07) is 7.29. The number of rotatable bonds is 7. The number of aliphatic carboxylic acids is 2. The van der Waals surface area contributed by atoms with E-state index >= 15 is 0 Å². The second-order valence-electron chi connectivity index (χ2n) is 5.00. The van der Waals surface area contributed by atoms with Gasteiger partial charge in [0.1, 0.15) is 0 Å². The van der Waals surface area contributed by atoms with Gasteiger partial charge in [0.25, 0.3) is 0 Å². The van der Waals surface area contributed by atoms with E-state index < -0.39 is 23.3 Å². The molecule has 0 bridgehead atoms. The first kappa shape index (κ1) is 16.5. The molecule has 1 aromatic carbocycles. The van der Waals surface area contributed by atoms with Gasteiger partial charge in [-0.1, -0.05) is 37.6 Å². The normalized spacial score (nSPS) is 12.9. The first-order valence-corrected chi connectivity index (χ1v) is 6.93. The molecule has 0 saturated heterocycles. The molecule has 0 aliphatic rings. The van der Waals surface area contributed by atoms with E-state index in [0.717, 1.165) is 5.56 Å². The molecule has 5 heteroatoms. The van der Waals surface area contributed by atoms with Gasteiger partial charge < -0.3 is 10.2 Å². The molecule has 0 radical (unpaired) electrons. The Labute approximate surface area is 123 Å². The summed E-state index contributed by atoms with van der Waals surface area (Å²) in [4.78, 5) is 22.8. The highest BCUT2D eigenvalue weighted by Gasteiger charge is 2.49. The van der Waals surface area contributed by atoms with Crippen LogP contribution in [0.1, 0.15) is 32.3 Å². The lowest BCUT2D eigenvalue weighted by atomic mass is 9.72. The van der Waals surface area contributed by atoms with Gasteiger partial charge in [-0.15, -0.1) is 0 Å². The summed E-state index contributed by atoms with van der Waals surface area (Å²) in [6.07, 6.45) is 1.14. The van der Waals surface area contributed by atoms with E-state index in [-0.39, 0.29) is 6.42 Å². The Morgan fingerprint density at radius 3 is 2.35 bits per heavy atom. The average Bonchev–Trinajstić information content (AvgIpc) is 2.37. The summed E-state index contributed by atoms with van der Waals surface area (Å²) < 4.78 is 0. The third kappa shape index (κ3) is 3.31. The highest BCUT2D eigenvalue weighted by atomic mass is 35.5. The fourth-order valence-corrected chi connectivity index (χ4v) is 2.70. The number of aryl methyl sites for hydroxylation is 1. The van der Waals surface area contributed by atoms with Gasteiger partial charge in [-0.05, 0) is 42.9 Å². The van der Waals surface area contributed by atoms with Gasteiger partial charge in [-0.2, -0.15) is 0 Å². The third-order valence-electron chi connectivity index (χ3n) is 3.92. The van der Waals surface area contributed by atoms with Gasteiger partial charge in [0, 0.05) is 5.02 Å². The van der Waals surface area contributed by atoms with Crippen molar-refractivity contribution >= 4 is 23.5 Å². The Kier molecular flexibility index (Phi) is 5.57. The van der Waals surface area contributed by atoms with Crippen molar-refractivity contribution in [1.29, 1.82) is 0 Å². The molecule has 0 heterocycles. The van der Waals surface area contributed by atoms with E-state index in [9.17, 15) is 19.8 Å². The van der Waals surface area contributed by atoms with Crippen molar-refractivity contribution < 1.29 is 19.8 Å². The monoisotopic (exact) mass is 298 g/mol. The standard InChI is InChI=1S/C15H19ClO4/c1-3-15(13(17)18,14(19)20)10(2)7-8-11-5-4-6-12(16)9-11/h4-6,9-10H,3,7-8H2,1-2H3,(H,17,18)(H,19,20). The lowest BCUT2D eigenvalue weighted by Crippen LogP contribution is -2.44. The van der Waals surface area contributed by atoms with Gasteiger partial charge in [0.2, 0.25) is 0 Å². The molecule has 0 amide bonds. The Morgan fingerprint density at radius 2 is 1.90 bits per heavy atom. The first-order chi connectivity index (χ1) is 9.34. The highest BCUT2D eigenvalue weighted by molar-refractivity contribution is 6.30. The predicted octanol–water partition coefficient (Wildman–Crippen LogP) is 3.47. The third-order valence-corrected chi connectivity index (χ3v) is 4.15. The van der Waals surface area contributed by atoms with E-state index in [0.29, 0.717) is 17.9 Å². The molecule has 2 N–H and O–H groups in total. The van der Waals surface area contributed by atoms with Crippen molar-refractivity contribution in [2.24, 2.45) is 11.3 Å². The summed E-state index contributed by atoms with van der Waals surface area (Å²) >= 11 is 5.89. The molecule has 0 aliphatic heterocycles. The first-order valence-electron chi connectivity index (χ1n) is 6.55. The molecule has 110 valence electrons. The summed E-state index contributed by atoms with van der Waals surface area (Å²) in [5.41, 5.74) is -0.747. The number of hydrogen-bond donors (Lipinski definition) is 2. The molecular weight excluding hydrogens is 280 g/mol. The zero-order chi connectivity index (χ0) is 15.3. The van der Waals surface area contributed by atoms with Crippen LogP contribution >= 0.6 is 11.6 Å². The molecular formula is C15H19ClO4. The molecule has 1 unspecified atom stereocenters. The Hall–Kier alpha value is -1.55. The minimum atomic E-state index is -1.72. The van der Waals surface area contributed by atoms with Crippen LogP contribution in [0, 0.1) is 11.3 Å². The molecule has 1 atom stereocenters. The van der Waals surface area contributed by atoms with Crippen molar-refractivity contribution in [3.63, 3.8) is 0 Å². The van der Waals surface area contributed by atoms with Gasteiger partial charge in [0.05, 0.1) is 0 Å². The zero-order valence-corrected chi connectivity index (χ0v) is 12.4. The van der Waals surface area contributed by atoms with E-state index in [2.05, 4.69) is 0 Å². The molecule has 4 nitrogen and oxygen atoms in total. The van der Waals surface area contributed by atoms with Crippen LogP contribution < -0.4 is 0 Å². The van der Waals surface area contributed by atoms with Crippen molar-refractivity contribution in [2.75, 3.05) is 0 Å². The van der Waals surface area contributed by atoms with Crippen LogP contribution in [0.2, 0.25) is 5.02 Å². The van der Waals surface area contributed by atoms with Gasteiger partial charge >= 0.3 is 11.9 Å². The van der Waals surface area contributed by atoms with Crippen molar-refractivity contribution in [2.45, 2.75) is 33.1 Å². The Balaban J connectivity index is 2.85. The van der Waals surface area contributed by atoms with Crippen molar-refractivity contribution in [3.8, 4) is 0 Å². The minimum Gasteiger partial charge on any atom is -0.480 e. The lowest BCUT2D eigenvalue weighted by Gasteiger charge is -2.30. The molecule has 1 rings (SSSR count). The van der Waals surface area contributed by atoms with Crippen LogP contribution in [0.25, 0.3) is 0 Å². The van der Waals surface area contributed by atoms with Crippen molar-refractivity contribution in [3.05, 3.63) is 34.9 Å². The Bertz CT molecular complexity index is 484. The number of carboxylic acids is 2. The van der Waals surface area contributed by atoms with Gasteiger partial charge in [-0.3, -0.25) is 9.59 Å². The molecule has 0 aliphatic carbocycles. The fraction of sp³-hybridized carbons (Fsp3) is 0.467. The summed E-state index contributed by atoms with van der Waals surface area (Å²) in [6.45, 7) is 3.27. The maximum Gasteiger partial charge on any atom is 0.321 e. The number of halogens is 1. The second kappa shape index (κ2) is 6.75. The van der Waals surface area contributed by atoms with Crippen LogP contribution in [0.5, 0.6) is 0 Å². The topological polar surface area (TPSA) is 74.6 Å². The molecule has 20 heavy (non-hydrogen) atoms. The van der Waals surface area contributed by atoms with E-state index in [1.807, 2.05) is 18.2 Å². The van der Waals surface area contributed by atoms with Crippen LogP contribution in [-0.4, -0.2) is 22.2 Å². The quantitative estimate of drug-likeness (QED) is 0.756. The maximum atomic E-state index is 11.4. The maximum absolute atomic E-state index is 11.4. The average molecular weight is 299 g/mol. The van der Waals surface area contributed by atoms with E-state index in [4.69, 9.17) is 11.6 Å². The predicted molar refractivity (Wildman–Crippen MR) is 76.9 cm³/mol. The number of benzene rings is 1. The number of carbonyl (C=O) groups is 2. The summed E-state index contributed by atoms with van der Waals surface area (Å²) in [5.74, 6) is -3.02. The summed E-state index contributed by atoms with van der Waals surface area (Å²) in [5, 5.41) is 19.2. The number of carboxylic acid groups (broad SMARTS) is 2. The molecule has 1 aromatic rings. The van der Waals surface area contributed by atoms with Crippen LogP contribution in [0.4, 0.5) is 0 Å². The lowest BCUT2D eigenvalue weighted by molar-refractivity contribution is -0.169. The smallest absolute Gasteiger partial charge is 0.321 e. The molecule has 0 aromatic heterocycles.